The molecule has 4 nitrogen and oxygen atoms in total. The van der Waals surface area contributed by atoms with Crippen molar-refractivity contribution in [2.45, 2.75) is 70.3 Å². The molecule has 2 aromatic rings. The van der Waals surface area contributed by atoms with Crippen molar-refractivity contribution < 1.29 is 22.7 Å². The van der Waals surface area contributed by atoms with Crippen molar-refractivity contribution >= 4 is 15.6 Å². The van der Waals surface area contributed by atoms with E-state index in [4.69, 9.17) is 0 Å². The predicted octanol–water partition coefficient (Wildman–Crippen LogP) is 4.89. The summed E-state index contributed by atoms with van der Waals surface area (Å²) >= 11 is 0. The Bertz CT molecular complexity index is 985. The lowest BCUT2D eigenvalue weighted by Gasteiger charge is -2.20. The molecule has 2 rings (SSSR count). The van der Waals surface area contributed by atoms with Crippen LogP contribution in [0, 0.1) is 5.82 Å². The number of Topliss-reactive ketones (excluding diaryl/α,β-unsaturated/α-hetero) is 1. The molecule has 0 unspecified atom stereocenters. The van der Waals surface area contributed by atoms with Gasteiger partial charge in [0.2, 0.25) is 0 Å². The van der Waals surface area contributed by atoms with Crippen molar-refractivity contribution in [2.75, 3.05) is 5.75 Å². The van der Waals surface area contributed by atoms with Gasteiger partial charge in [-0.2, -0.15) is 0 Å². The van der Waals surface area contributed by atoms with Gasteiger partial charge in [0.15, 0.2) is 15.6 Å². The Morgan fingerprint density at radius 3 is 1.87 bits per heavy atom. The Balaban J connectivity index is 2.31. The van der Waals surface area contributed by atoms with E-state index in [1.54, 1.807) is 26.0 Å². The van der Waals surface area contributed by atoms with E-state index in [1.807, 2.05) is 27.7 Å². The van der Waals surface area contributed by atoms with Crippen LogP contribution in [0.1, 0.15) is 75.6 Å². The summed E-state index contributed by atoms with van der Waals surface area (Å²) in [5.74, 6) is -1.39. The second-order valence-corrected chi connectivity index (χ2v) is 10.9. The number of sulfone groups is 1. The molecule has 1 N–H and O–H groups in total. The third-order valence-electron chi connectivity index (χ3n) is 5.17. The molecule has 0 fully saturated rings. The minimum atomic E-state index is -3.82. The fraction of sp³-hybridized carbons (Fsp3) is 0.458. The molecule has 0 radical (unpaired) electrons. The predicted molar refractivity (Wildman–Crippen MR) is 117 cm³/mol. The van der Waals surface area contributed by atoms with Crippen molar-refractivity contribution in [3.05, 3.63) is 64.5 Å². The maximum absolute atomic E-state index is 14.1. The second-order valence-electron chi connectivity index (χ2n) is 8.93. The van der Waals surface area contributed by atoms with Crippen LogP contribution in [-0.2, 0) is 26.7 Å². The fourth-order valence-electron chi connectivity index (χ4n) is 3.53. The molecule has 0 atom stereocenters. The molecule has 30 heavy (non-hydrogen) atoms. The van der Waals surface area contributed by atoms with Crippen molar-refractivity contribution in [1.29, 1.82) is 0 Å². The smallest absolute Gasteiger partial charge is 0.185 e. The second kappa shape index (κ2) is 8.98. The van der Waals surface area contributed by atoms with Gasteiger partial charge in [-0.1, -0.05) is 39.8 Å². The Morgan fingerprint density at radius 1 is 1.00 bits per heavy atom. The lowest BCUT2D eigenvalue weighted by Crippen LogP contribution is -2.20. The molecule has 0 spiro atoms. The zero-order valence-electron chi connectivity index (χ0n) is 18.5. The Kier molecular flexibility index (Phi) is 7.25. The standard InChI is InChI=1S/C24H31FO4S/c1-15(2)21-11-18(25)12-22(16(3)4)23(21)13-19(26)14-30(28,29)20-9-7-17(8-10-20)24(5,6)27/h7-12,15-16,27H,13-14H2,1-6H3. The topological polar surface area (TPSA) is 71.4 Å². The molecule has 0 heterocycles. The highest BCUT2D eigenvalue weighted by Gasteiger charge is 2.24. The van der Waals surface area contributed by atoms with Gasteiger partial charge in [-0.3, -0.25) is 4.79 Å². The minimum absolute atomic E-state index is 0.00647. The Hall–Kier alpha value is -2.05. The maximum atomic E-state index is 14.1. The molecule has 6 heteroatoms. The summed E-state index contributed by atoms with van der Waals surface area (Å²) in [4.78, 5) is 12.8. The Labute approximate surface area is 179 Å². The molecule has 0 saturated heterocycles. The number of carbonyl (C=O) groups excluding carboxylic acids is 1. The number of benzene rings is 2. The summed E-state index contributed by atoms with van der Waals surface area (Å²) in [6, 6.07) is 8.78. The summed E-state index contributed by atoms with van der Waals surface area (Å²) in [6.45, 7) is 10.9. The number of ketones is 1. The molecule has 0 aliphatic rings. The van der Waals surface area contributed by atoms with Crippen molar-refractivity contribution in [1.82, 2.24) is 0 Å². The highest BCUT2D eigenvalue weighted by atomic mass is 32.2. The fourth-order valence-corrected chi connectivity index (χ4v) is 4.77. The largest absolute Gasteiger partial charge is 0.386 e. The monoisotopic (exact) mass is 434 g/mol. The van der Waals surface area contributed by atoms with E-state index in [0.29, 0.717) is 5.56 Å². The van der Waals surface area contributed by atoms with Gasteiger partial charge in [0.05, 0.1) is 10.5 Å². The number of hydrogen-bond donors (Lipinski definition) is 1. The van der Waals surface area contributed by atoms with E-state index < -0.39 is 27.0 Å². The van der Waals surface area contributed by atoms with Gasteiger partial charge in [0, 0.05) is 6.42 Å². The third-order valence-corrected chi connectivity index (χ3v) is 6.86. The minimum Gasteiger partial charge on any atom is -0.386 e. The highest BCUT2D eigenvalue weighted by molar-refractivity contribution is 7.92. The lowest BCUT2D eigenvalue weighted by molar-refractivity contribution is -0.116. The quantitative estimate of drug-likeness (QED) is 0.642. The number of carbonyl (C=O) groups is 1. The molecule has 2 aromatic carbocycles. The normalized spacial score (nSPS) is 12.6. The summed E-state index contributed by atoms with van der Waals surface area (Å²) < 4.78 is 39.6. The summed E-state index contributed by atoms with van der Waals surface area (Å²) in [7, 11) is -3.82. The summed E-state index contributed by atoms with van der Waals surface area (Å²) in [6.07, 6.45) is -0.0533. The van der Waals surface area contributed by atoms with Crippen LogP contribution in [0.3, 0.4) is 0 Å². The van der Waals surface area contributed by atoms with Crippen LogP contribution in [0.25, 0.3) is 0 Å². The number of halogens is 1. The molecule has 0 aliphatic carbocycles. The SMILES string of the molecule is CC(C)c1cc(F)cc(C(C)C)c1CC(=O)CS(=O)(=O)c1ccc(C(C)(C)O)cc1. The van der Waals surface area contributed by atoms with E-state index in [2.05, 4.69) is 0 Å². The molecule has 0 bridgehead atoms. The van der Waals surface area contributed by atoms with Crippen LogP contribution in [0.4, 0.5) is 4.39 Å². The first-order valence-electron chi connectivity index (χ1n) is 10.1. The van der Waals surface area contributed by atoms with Gasteiger partial charge in [-0.25, -0.2) is 12.8 Å². The summed E-state index contributed by atoms with van der Waals surface area (Å²) in [5.41, 5.74) is 1.69. The maximum Gasteiger partial charge on any atom is 0.185 e. The molecule has 0 aliphatic heterocycles. The Morgan fingerprint density at radius 2 is 1.47 bits per heavy atom. The third kappa shape index (κ3) is 5.76. The van der Waals surface area contributed by atoms with Gasteiger partial charge in [-0.05, 0) is 72.2 Å². The molecule has 0 aromatic heterocycles. The first-order valence-corrected chi connectivity index (χ1v) is 11.8. The molecule has 0 amide bonds. The van der Waals surface area contributed by atoms with Crippen molar-refractivity contribution in [3.63, 3.8) is 0 Å². The van der Waals surface area contributed by atoms with Gasteiger partial charge in [0.1, 0.15) is 11.6 Å². The lowest BCUT2D eigenvalue weighted by atomic mass is 9.86. The van der Waals surface area contributed by atoms with Crippen LogP contribution in [0.2, 0.25) is 0 Å². The van der Waals surface area contributed by atoms with Crippen LogP contribution in [-0.4, -0.2) is 25.1 Å². The highest BCUT2D eigenvalue weighted by Crippen LogP contribution is 2.30. The molecule has 164 valence electrons. The van der Waals surface area contributed by atoms with E-state index >= 15 is 0 Å². The average molecular weight is 435 g/mol. The zero-order valence-corrected chi connectivity index (χ0v) is 19.3. The van der Waals surface area contributed by atoms with E-state index in [0.717, 1.165) is 16.7 Å². The number of rotatable bonds is 8. The van der Waals surface area contributed by atoms with Crippen LogP contribution >= 0.6 is 0 Å². The van der Waals surface area contributed by atoms with Gasteiger partial charge >= 0.3 is 0 Å². The van der Waals surface area contributed by atoms with E-state index in [9.17, 15) is 22.7 Å². The van der Waals surface area contributed by atoms with Crippen molar-refractivity contribution in [3.8, 4) is 0 Å². The first-order chi connectivity index (χ1) is 13.7. The van der Waals surface area contributed by atoms with Crippen LogP contribution in [0.15, 0.2) is 41.3 Å². The van der Waals surface area contributed by atoms with Crippen LogP contribution < -0.4 is 0 Å². The van der Waals surface area contributed by atoms with Crippen LogP contribution in [0.5, 0.6) is 0 Å². The summed E-state index contributed by atoms with van der Waals surface area (Å²) in [5, 5.41) is 10.0. The van der Waals surface area contributed by atoms with Gasteiger partial charge in [-0.15, -0.1) is 0 Å². The van der Waals surface area contributed by atoms with Gasteiger partial charge in [0.25, 0.3) is 0 Å². The molecular weight excluding hydrogens is 403 g/mol. The zero-order chi connectivity index (χ0) is 22.9. The molecule has 0 saturated carbocycles. The van der Waals surface area contributed by atoms with E-state index in [1.165, 1.54) is 24.3 Å². The van der Waals surface area contributed by atoms with E-state index in [-0.39, 0.29) is 29.0 Å². The number of aliphatic hydroxyl groups is 1. The average Bonchev–Trinajstić information content (AvgIpc) is 2.61. The number of hydrogen-bond acceptors (Lipinski definition) is 4. The first kappa shape index (κ1) is 24.2. The van der Waals surface area contributed by atoms with Crippen molar-refractivity contribution in [2.24, 2.45) is 0 Å². The molecular formula is C24H31FO4S. The van der Waals surface area contributed by atoms with Gasteiger partial charge < -0.3 is 5.11 Å².